The molecule has 5 rings (SSSR count). The van der Waals surface area contributed by atoms with Crippen LogP contribution in [0.3, 0.4) is 0 Å². The average Bonchev–Trinajstić information content (AvgIpc) is 3.22. The third-order valence-corrected chi connectivity index (χ3v) is 4.97. The van der Waals surface area contributed by atoms with Crippen LogP contribution >= 0.6 is 0 Å². The number of nitrogens with zero attached hydrogens (tertiary/aromatic N) is 3. The summed E-state index contributed by atoms with van der Waals surface area (Å²) in [6.45, 7) is 0. The highest BCUT2D eigenvalue weighted by Crippen LogP contribution is 2.30. The van der Waals surface area contributed by atoms with Crippen molar-refractivity contribution in [1.82, 2.24) is 4.98 Å². The highest BCUT2D eigenvalue weighted by Gasteiger charge is 2.11. The lowest BCUT2D eigenvalue weighted by atomic mass is 10.0. The maximum atomic E-state index is 11.0. The van der Waals surface area contributed by atoms with Crippen LogP contribution in [0.2, 0.25) is 0 Å². The standard InChI is InChI=1S/C24H15N3O4/c28-22-10-6-16-12-18(27(29)30)8-9-19(16)20(22)14-25-17-7-11-23-21(13-17)26-24(31-23)15-4-2-1-3-5-15/h1-14,28H. The van der Waals surface area contributed by atoms with E-state index in [0.717, 1.165) is 5.56 Å². The smallest absolute Gasteiger partial charge is 0.270 e. The van der Waals surface area contributed by atoms with Crippen LogP contribution in [0.15, 0.2) is 88.3 Å². The zero-order valence-corrected chi connectivity index (χ0v) is 16.1. The van der Waals surface area contributed by atoms with Crippen molar-refractivity contribution in [1.29, 1.82) is 0 Å². The monoisotopic (exact) mass is 409 g/mol. The van der Waals surface area contributed by atoms with Gasteiger partial charge in [-0.2, -0.15) is 0 Å². The number of nitro groups is 1. The number of benzene rings is 4. The number of rotatable bonds is 4. The Morgan fingerprint density at radius 2 is 1.84 bits per heavy atom. The van der Waals surface area contributed by atoms with Crippen LogP contribution < -0.4 is 0 Å². The number of hydrogen-bond donors (Lipinski definition) is 1. The number of fused-ring (bicyclic) bond motifs is 2. The van der Waals surface area contributed by atoms with Crippen molar-refractivity contribution in [2.24, 2.45) is 4.99 Å². The molecule has 1 N–H and O–H groups in total. The number of hydrogen-bond acceptors (Lipinski definition) is 6. The zero-order chi connectivity index (χ0) is 21.4. The van der Waals surface area contributed by atoms with Gasteiger partial charge in [-0.25, -0.2) is 4.98 Å². The van der Waals surface area contributed by atoms with Crippen LogP contribution in [-0.2, 0) is 0 Å². The van der Waals surface area contributed by atoms with E-state index in [1.165, 1.54) is 18.2 Å². The van der Waals surface area contributed by atoms with Gasteiger partial charge in [-0.15, -0.1) is 0 Å². The van der Waals surface area contributed by atoms with E-state index in [1.54, 1.807) is 36.5 Å². The highest BCUT2D eigenvalue weighted by atomic mass is 16.6. The molecule has 0 atom stereocenters. The maximum Gasteiger partial charge on any atom is 0.270 e. The fourth-order valence-corrected chi connectivity index (χ4v) is 3.42. The molecule has 5 aromatic rings. The fourth-order valence-electron chi connectivity index (χ4n) is 3.42. The minimum absolute atomic E-state index is 0.00761. The lowest BCUT2D eigenvalue weighted by Gasteiger charge is -2.05. The van der Waals surface area contributed by atoms with Crippen LogP contribution in [-0.4, -0.2) is 21.2 Å². The quantitative estimate of drug-likeness (QED) is 0.222. The summed E-state index contributed by atoms with van der Waals surface area (Å²) in [5.74, 6) is 0.573. The molecule has 0 saturated carbocycles. The van der Waals surface area contributed by atoms with E-state index in [2.05, 4.69) is 9.98 Å². The van der Waals surface area contributed by atoms with Gasteiger partial charge in [0.25, 0.3) is 5.69 Å². The average molecular weight is 409 g/mol. The fraction of sp³-hybridized carbons (Fsp3) is 0. The highest BCUT2D eigenvalue weighted by molar-refractivity contribution is 6.03. The van der Waals surface area contributed by atoms with Crippen molar-refractivity contribution in [3.05, 3.63) is 94.5 Å². The molecular weight excluding hydrogens is 394 g/mol. The molecule has 0 bridgehead atoms. The van der Waals surface area contributed by atoms with Gasteiger partial charge in [0.15, 0.2) is 5.58 Å². The van der Waals surface area contributed by atoms with Crippen LogP contribution in [0.5, 0.6) is 5.75 Å². The Morgan fingerprint density at radius 1 is 1.00 bits per heavy atom. The summed E-state index contributed by atoms with van der Waals surface area (Å²) in [5.41, 5.74) is 3.33. The van der Waals surface area contributed by atoms with Crippen LogP contribution in [0.1, 0.15) is 5.56 Å². The topological polar surface area (TPSA) is 102 Å². The maximum absolute atomic E-state index is 11.0. The predicted octanol–water partition coefficient (Wildman–Crippen LogP) is 6.01. The minimum atomic E-state index is -0.448. The van der Waals surface area contributed by atoms with Crippen LogP contribution in [0.4, 0.5) is 11.4 Å². The van der Waals surface area contributed by atoms with E-state index in [0.29, 0.717) is 39.0 Å². The molecule has 1 aromatic heterocycles. The summed E-state index contributed by atoms with van der Waals surface area (Å²) in [6.07, 6.45) is 1.54. The molecule has 0 fully saturated rings. The van der Waals surface area contributed by atoms with E-state index in [9.17, 15) is 15.2 Å². The molecule has 31 heavy (non-hydrogen) atoms. The van der Waals surface area contributed by atoms with Crippen molar-refractivity contribution in [2.45, 2.75) is 0 Å². The molecule has 0 unspecified atom stereocenters. The number of aromatic hydroxyl groups is 1. The number of aromatic nitrogens is 1. The summed E-state index contributed by atoms with van der Waals surface area (Å²) in [6, 6.07) is 22.7. The molecule has 0 amide bonds. The largest absolute Gasteiger partial charge is 0.507 e. The van der Waals surface area contributed by atoms with Gasteiger partial charge in [0.1, 0.15) is 11.3 Å². The van der Waals surface area contributed by atoms with Crippen molar-refractivity contribution < 1.29 is 14.4 Å². The Hall–Kier alpha value is -4.52. The molecule has 150 valence electrons. The van der Waals surface area contributed by atoms with E-state index in [-0.39, 0.29) is 11.4 Å². The Labute approximate surface area is 176 Å². The molecule has 1 heterocycles. The number of phenolic OH excluding ortho intramolecular Hbond substituents is 1. The first kappa shape index (κ1) is 18.5. The first-order chi connectivity index (χ1) is 15.1. The van der Waals surface area contributed by atoms with Crippen molar-refractivity contribution >= 4 is 39.5 Å². The Balaban J connectivity index is 1.52. The number of oxazole rings is 1. The van der Waals surface area contributed by atoms with Crippen molar-refractivity contribution in [3.8, 4) is 17.2 Å². The number of aliphatic imine (C=N–C) groups is 1. The van der Waals surface area contributed by atoms with E-state index < -0.39 is 4.92 Å². The number of nitro benzene ring substituents is 1. The normalized spacial score (nSPS) is 11.5. The Bertz CT molecular complexity index is 1470. The van der Waals surface area contributed by atoms with Gasteiger partial charge in [0.2, 0.25) is 5.89 Å². The zero-order valence-electron chi connectivity index (χ0n) is 16.1. The molecule has 7 nitrogen and oxygen atoms in total. The summed E-state index contributed by atoms with van der Waals surface area (Å²) >= 11 is 0. The first-order valence-electron chi connectivity index (χ1n) is 9.49. The van der Waals surface area contributed by atoms with Gasteiger partial charge in [0, 0.05) is 29.5 Å². The van der Waals surface area contributed by atoms with Gasteiger partial charge in [-0.05, 0) is 53.2 Å². The molecular formula is C24H15N3O4. The molecule has 0 aliphatic carbocycles. The summed E-state index contributed by atoms with van der Waals surface area (Å²) < 4.78 is 5.82. The van der Waals surface area contributed by atoms with Gasteiger partial charge in [0.05, 0.1) is 10.6 Å². The van der Waals surface area contributed by atoms with E-state index in [1.807, 2.05) is 30.3 Å². The summed E-state index contributed by atoms with van der Waals surface area (Å²) in [7, 11) is 0. The predicted molar refractivity (Wildman–Crippen MR) is 119 cm³/mol. The number of non-ortho nitro benzene ring substituents is 1. The summed E-state index contributed by atoms with van der Waals surface area (Å²) in [5, 5.41) is 22.7. The van der Waals surface area contributed by atoms with Gasteiger partial charge < -0.3 is 9.52 Å². The van der Waals surface area contributed by atoms with Crippen LogP contribution in [0, 0.1) is 10.1 Å². The SMILES string of the molecule is O=[N+]([O-])c1ccc2c(C=Nc3ccc4oc(-c5ccccc5)nc4c3)c(O)ccc2c1. The van der Waals surface area contributed by atoms with Crippen molar-refractivity contribution in [3.63, 3.8) is 0 Å². The number of phenols is 1. The van der Waals surface area contributed by atoms with Crippen molar-refractivity contribution in [2.75, 3.05) is 0 Å². The van der Waals surface area contributed by atoms with E-state index in [4.69, 9.17) is 4.42 Å². The first-order valence-corrected chi connectivity index (χ1v) is 9.49. The third kappa shape index (κ3) is 3.49. The van der Waals surface area contributed by atoms with Gasteiger partial charge in [-0.1, -0.05) is 24.3 Å². The Kier molecular flexibility index (Phi) is 4.41. The van der Waals surface area contributed by atoms with E-state index >= 15 is 0 Å². The summed E-state index contributed by atoms with van der Waals surface area (Å²) in [4.78, 5) is 19.6. The molecule has 0 radical (unpaired) electrons. The Morgan fingerprint density at radius 3 is 2.65 bits per heavy atom. The molecule has 0 saturated heterocycles. The second kappa shape index (κ2) is 7.38. The second-order valence-corrected chi connectivity index (χ2v) is 6.96. The van der Waals surface area contributed by atoms with Gasteiger partial charge >= 0.3 is 0 Å². The molecule has 0 aliphatic rings. The lowest BCUT2D eigenvalue weighted by molar-refractivity contribution is -0.384. The third-order valence-electron chi connectivity index (χ3n) is 4.97. The van der Waals surface area contributed by atoms with Crippen LogP contribution in [0.25, 0.3) is 33.3 Å². The molecule has 0 aliphatic heterocycles. The second-order valence-electron chi connectivity index (χ2n) is 6.96. The molecule has 4 aromatic carbocycles. The minimum Gasteiger partial charge on any atom is -0.507 e. The molecule has 7 heteroatoms. The lowest BCUT2D eigenvalue weighted by Crippen LogP contribution is -1.90. The van der Waals surface area contributed by atoms with Gasteiger partial charge in [-0.3, -0.25) is 15.1 Å². The molecule has 0 spiro atoms.